The molecule has 0 bridgehead atoms. The summed E-state index contributed by atoms with van der Waals surface area (Å²) >= 11 is 5.74. The van der Waals surface area contributed by atoms with Gasteiger partial charge in [-0.3, -0.25) is 4.79 Å². The Balaban J connectivity index is 3.29. The molecule has 0 aliphatic heterocycles. The number of alkyl halides is 5. The van der Waals surface area contributed by atoms with Crippen LogP contribution in [0.4, 0.5) is 22.0 Å². The second kappa shape index (κ2) is 4.50. The average Bonchev–Trinajstić information content (AvgIpc) is 2.22. The van der Waals surface area contributed by atoms with Gasteiger partial charge >= 0.3 is 12.1 Å². The van der Waals surface area contributed by atoms with Crippen LogP contribution in [0.2, 0.25) is 5.02 Å². The van der Waals surface area contributed by atoms with Crippen LogP contribution in [0, 0.1) is 13.8 Å². The van der Waals surface area contributed by atoms with Crippen LogP contribution in [0.25, 0.3) is 0 Å². The highest BCUT2D eigenvalue weighted by Crippen LogP contribution is 2.38. The number of benzene rings is 1. The molecular formula is C11H8ClF5O. The van der Waals surface area contributed by atoms with Gasteiger partial charge in [-0.2, -0.15) is 22.0 Å². The summed E-state index contributed by atoms with van der Waals surface area (Å²) in [6.07, 6.45) is -5.91. The fourth-order valence-electron chi connectivity index (χ4n) is 1.39. The minimum Gasteiger partial charge on any atom is -0.287 e. The SMILES string of the molecule is Cc1cc(C(=O)C(F)(F)C(F)(F)F)cc(C)c1Cl. The summed E-state index contributed by atoms with van der Waals surface area (Å²) in [5.41, 5.74) is -0.187. The Morgan fingerprint density at radius 2 is 1.44 bits per heavy atom. The number of hydrogen-bond donors (Lipinski definition) is 0. The summed E-state index contributed by atoms with van der Waals surface area (Å²) in [5.74, 6) is -7.68. The van der Waals surface area contributed by atoms with Crippen LogP contribution < -0.4 is 0 Å². The molecule has 0 aliphatic carbocycles. The molecule has 1 rings (SSSR count). The summed E-state index contributed by atoms with van der Waals surface area (Å²) in [7, 11) is 0. The summed E-state index contributed by atoms with van der Waals surface area (Å²) in [5, 5.41) is 0.224. The molecule has 0 aliphatic rings. The molecule has 18 heavy (non-hydrogen) atoms. The minimum absolute atomic E-state index is 0.224. The van der Waals surface area contributed by atoms with Crippen molar-refractivity contribution in [3.05, 3.63) is 33.8 Å². The molecule has 0 N–H and O–H groups in total. The first kappa shape index (κ1) is 14.9. The predicted octanol–water partition coefficient (Wildman–Crippen LogP) is 4.34. The third-order valence-corrected chi connectivity index (χ3v) is 2.94. The zero-order valence-electron chi connectivity index (χ0n) is 9.33. The van der Waals surface area contributed by atoms with Crippen molar-refractivity contribution in [2.45, 2.75) is 25.9 Å². The van der Waals surface area contributed by atoms with Gasteiger partial charge in [-0.05, 0) is 37.1 Å². The van der Waals surface area contributed by atoms with E-state index in [1.54, 1.807) is 0 Å². The standard InChI is InChI=1S/C11H8ClF5O/c1-5-3-7(4-6(2)8(5)12)9(18)10(13,14)11(15,16)17/h3-4H,1-2H3. The molecule has 0 spiro atoms. The van der Waals surface area contributed by atoms with Gasteiger partial charge in [0, 0.05) is 10.6 Å². The molecule has 0 amide bonds. The lowest BCUT2D eigenvalue weighted by molar-refractivity contribution is -0.255. The number of halogens is 6. The number of carbonyl (C=O) groups is 1. The molecule has 0 aromatic heterocycles. The van der Waals surface area contributed by atoms with Crippen molar-refractivity contribution in [2.75, 3.05) is 0 Å². The summed E-state index contributed by atoms with van der Waals surface area (Å²) < 4.78 is 61.9. The minimum atomic E-state index is -5.91. The van der Waals surface area contributed by atoms with Crippen molar-refractivity contribution in [3.8, 4) is 0 Å². The number of ketones is 1. The van der Waals surface area contributed by atoms with E-state index in [1.807, 2.05) is 0 Å². The van der Waals surface area contributed by atoms with E-state index in [1.165, 1.54) is 13.8 Å². The van der Waals surface area contributed by atoms with Crippen LogP contribution in [0.3, 0.4) is 0 Å². The van der Waals surface area contributed by atoms with Gasteiger partial charge in [-0.1, -0.05) is 11.6 Å². The molecule has 0 fully saturated rings. The molecular weight excluding hydrogens is 279 g/mol. The van der Waals surface area contributed by atoms with Crippen molar-refractivity contribution in [1.82, 2.24) is 0 Å². The molecule has 0 unspecified atom stereocenters. The van der Waals surface area contributed by atoms with Crippen LogP contribution in [0.15, 0.2) is 12.1 Å². The molecule has 0 atom stereocenters. The molecule has 1 nitrogen and oxygen atoms in total. The van der Waals surface area contributed by atoms with E-state index >= 15 is 0 Å². The number of aryl methyl sites for hydroxylation is 2. The smallest absolute Gasteiger partial charge is 0.287 e. The van der Waals surface area contributed by atoms with Crippen molar-refractivity contribution >= 4 is 17.4 Å². The summed E-state index contributed by atoms with van der Waals surface area (Å²) in [4.78, 5) is 11.2. The third kappa shape index (κ3) is 2.48. The van der Waals surface area contributed by atoms with Gasteiger partial charge in [-0.25, -0.2) is 0 Å². The van der Waals surface area contributed by atoms with E-state index in [-0.39, 0.29) is 16.1 Å². The van der Waals surface area contributed by atoms with Gasteiger partial charge in [0.15, 0.2) is 0 Å². The Labute approximate surface area is 105 Å². The van der Waals surface area contributed by atoms with Crippen molar-refractivity contribution in [1.29, 1.82) is 0 Å². The first-order valence-corrected chi connectivity index (χ1v) is 5.12. The van der Waals surface area contributed by atoms with Crippen molar-refractivity contribution in [3.63, 3.8) is 0 Å². The van der Waals surface area contributed by atoms with Gasteiger partial charge in [0.05, 0.1) is 0 Å². The average molecular weight is 287 g/mol. The lowest BCUT2D eigenvalue weighted by atomic mass is 10.0. The topological polar surface area (TPSA) is 17.1 Å². The molecule has 1 aromatic carbocycles. The first-order valence-electron chi connectivity index (χ1n) is 4.74. The molecule has 1 aromatic rings. The molecule has 7 heteroatoms. The highest BCUT2D eigenvalue weighted by Gasteiger charge is 2.63. The number of carbonyl (C=O) groups excluding carboxylic acids is 1. The van der Waals surface area contributed by atoms with Crippen LogP contribution in [-0.2, 0) is 0 Å². The van der Waals surface area contributed by atoms with Gasteiger partial charge in [0.2, 0.25) is 5.78 Å². The highest BCUT2D eigenvalue weighted by atomic mass is 35.5. The first-order chi connectivity index (χ1) is 7.98. The van der Waals surface area contributed by atoms with Gasteiger partial charge < -0.3 is 0 Å². The Bertz CT molecular complexity index is 470. The number of Topliss-reactive ketones (excluding diaryl/α,β-unsaturated/α-hetero) is 1. The van der Waals surface area contributed by atoms with E-state index in [0.29, 0.717) is 0 Å². The monoisotopic (exact) mass is 286 g/mol. The second-order valence-electron chi connectivity index (χ2n) is 3.83. The molecule has 0 saturated carbocycles. The second-order valence-corrected chi connectivity index (χ2v) is 4.20. The van der Waals surface area contributed by atoms with E-state index < -0.39 is 23.4 Å². The van der Waals surface area contributed by atoms with Crippen LogP contribution in [0.5, 0.6) is 0 Å². The molecule has 0 radical (unpaired) electrons. The quantitative estimate of drug-likeness (QED) is 0.584. The predicted molar refractivity (Wildman–Crippen MR) is 56.3 cm³/mol. The molecule has 0 heterocycles. The Kier molecular flexibility index (Phi) is 3.72. The van der Waals surface area contributed by atoms with E-state index in [9.17, 15) is 26.7 Å². The molecule has 0 saturated heterocycles. The largest absolute Gasteiger partial charge is 0.461 e. The lowest BCUT2D eigenvalue weighted by Crippen LogP contribution is -2.44. The van der Waals surface area contributed by atoms with Crippen LogP contribution >= 0.6 is 11.6 Å². The van der Waals surface area contributed by atoms with Crippen molar-refractivity contribution < 1.29 is 26.7 Å². The summed E-state index contributed by atoms with van der Waals surface area (Å²) in [6.45, 7) is 2.83. The van der Waals surface area contributed by atoms with Gasteiger partial charge in [0.25, 0.3) is 0 Å². The lowest BCUT2D eigenvalue weighted by Gasteiger charge is -2.18. The maximum atomic E-state index is 12.9. The van der Waals surface area contributed by atoms with Crippen LogP contribution in [-0.4, -0.2) is 17.9 Å². The maximum absolute atomic E-state index is 12.9. The van der Waals surface area contributed by atoms with Crippen LogP contribution in [0.1, 0.15) is 21.5 Å². The number of hydrogen-bond acceptors (Lipinski definition) is 1. The van der Waals surface area contributed by atoms with Crippen molar-refractivity contribution in [2.24, 2.45) is 0 Å². The maximum Gasteiger partial charge on any atom is 0.461 e. The normalized spacial score (nSPS) is 12.7. The Morgan fingerprint density at radius 3 is 1.78 bits per heavy atom. The zero-order chi connectivity index (χ0) is 14.3. The molecule has 100 valence electrons. The Hall–Kier alpha value is -1.17. The fraction of sp³-hybridized carbons (Fsp3) is 0.364. The highest BCUT2D eigenvalue weighted by molar-refractivity contribution is 6.32. The van der Waals surface area contributed by atoms with E-state index in [2.05, 4.69) is 0 Å². The fourth-order valence-corrected chi connectivity index (χ4v) is 1.50. The summed E-state index contributed by atoms with van der Waals surface area (Å²) in [6, 6.07) is 1.83. The Morgan fingerprint density at radius 1 is 1.06 bits per heavy atom. The van der Waals surface area contributed by atoms with E-state index in [0.717, 1.165) is 12.1 Å². The van der Waals surface area contributed by atoms with Gasteiger partial charge in [0.1, 0.15) is 0 Å². The third-order valence-electron chi connectivity index (χ3n) is 2.34. The van der Waals surface area contributed by atoms with E-state index in [4.69, 9.17) is 11.6 Å². The zero-order valence-corrected chi connectivity index (χ0v) is 10.1. The van der Waals surface area contributed by atoms with Gasteiger partial charge in [-0.15, -0.1) is 0 Å². The number of rotatable bonds is 2.